The molecule has 90 valence electrons. The molecule has 1 saturated heterocycles. The van der Waals surface area contributed by atoms with Crippen molar-refractivity contribution in [2.75, 3.05) is 46.4 Å². The summed E-state index contributed by atoms with van der Waals surface area (Å²) < 4.78 is 5.11. The zero-order chi connectivity index (χ0) is 11.1. The van der Waals surface area contributed by atoms with E-state index in [1.54, 1.807) is 7.11 Å². The van der Waals surface area contributed by atoms with E-state index in [1.165, 1.54) is 39.0 Å². The van der Waals surface area contributed by atoms with Gasteiger partial charge < -0.3 is 4.74 Å². The van der Waals surface area contributed by atoms with Crippen LogP contribution in [0.3, 0.4) is 0 Å². The summed E-state index contributed by atoms with van der Waals surface area (Å²) in [5.41, 5.74) is 0. The molecular formula is C12H26N2O. The van der Waals surface area contributed by atoms with Gasteiger partial charge >= 0.3 is 0 Å². The van der Waals surface area contributed by atoms with Crippen LogP contribution in [0, 0.1) is 0 Å². The Kier molecular flexibility index (Phi) is 6.22. The van der Waals surface area contributed by atoms with Crippen molar-refractivity contribution >= 4 is 0 Å². The number of nitrogens with zero attached hydrogens (tertiary/aromatic N) is 2. The first-order valence-corrected chi connectivity index (χ1v) is 6.27. The average Bonchev–Trinajstić information content (AvgIpc) is 2.29. The molecule has 1 aliphatic heterocycles. The maximum atomic E-state index is 5.11. The molecule has 0 bridgehead atoms. The lowest BCUT2D eigenvalue weighted by atomic mass is 10.1. The molecule has 1 fully saturated rings. The van der Waals surface area contributed by atoms with E-state index in [0.717, 1.165) is 19.2 Å². The van der Waals surface area contributed by atoms with Gasteiger partial charge in [0.25, 0.3) is 0 Å². The van der Waals surface area contributed by atoms with E-state index in [4.69, 9.17) is 4.74 Å². The first kappa shape index (κ1) is 12.9. The maximum Gasteiger partial charge on any atom is 0.0589 e. The van der Waals surface area contributed by atoms with E-state index in [0.29, 0.717) is 0 Å². The summed E-state index contributed by atoms with van der Waals surface area (Å²) in [5.74, 6) is 0. The summed E-state index contributed by atoms with van der Waals surface area (Å²) >= 11 is 0. The predicted octanol–water partition coefficient (Wildman–Crippen LogP) is 1.44. The van der Waals surface area contributed by atoms with Crippen LogP contribution in [0.25, 0.3) is 0 Å². The Morgan fingerprint density at radius 1 is 1.07 bits per heavy atom. The van der Waals surface area contributed by atoms with Crippen LogP contribution in [0.4, 0.5) is 0 Å². The highest BCUT2D eigenvalue weighted by Gasteiger charge is 2.20. The van der Waals surface area contributed by atoms with Gasteiger partial charge in [-0.15, -0.1) is 0 Å². The fraction of sp³-hybridized carbons (Fsp3) is 1.00. The lowest BCUT2D eigenvalue weighted by molar-refractivity contribution is 0.0721. The van der Waals surface area contributed by atoms with E-state index in [2.05, 4.69) is 23.6 Å². The molecule has 0 N–H and O–H groups in total. The second-order valence-electron chi connectivity index (χ2n) is 4.34. The van der Waals surface area contributed by atoms with Gasteiger partial charge in [0, 0.05) is 45.9 Å². The number of rotatable bonds is 6. The third-order valence-electron chi connectivity index (χ3n) is 3.48. The molecule has 0 unspecified atom stereocenters. The molecule has 0 aromatic carbocycles. The monoisotopic (exact) mass is 214 g/mol. The molecule has 0 atom stereocenters. The average molecular weight is 214 g/mol. The fourth-order valence-corrected chi connectivity index (χ4v) is 2.38. The highest BCUT2D eigenvalue weighted by atomic mass is 16.5. The summed E-state index contributed by atoms with van der Waals surface area (Å²) in [6, 6.07) is 0.801. The zero-order valence-corrected chi connectivity index (χ0v) is 10.5. The highest BCUT2D eigenvalue weighted by molar-refractivity contribution is 4.76. The number of piperazine rings is 1. The van der Waals surface area contributed by atoms with E-state index in [-0.39, 0.29) is 0 Å². The van der Waals surface area contributed by atoms with Gasteiger partial charge in [0.1, 0.15) is 0 Å². The third kappa shape index (κ3) is 4.09. The minimum Gasteiger partial charge on any atom is -0.383 e. The molecular weight excluding hydrogens is 188 g/mol. The minimum atomic E-state index is 0.801. The molecule has 0 amide bonds. The predicted molar refractivity (Wildman–Crippen MR) is 64.3 cm³/mol. The van der Waals surface area contributed by atoms with Crippen LogP contribution in [0.1, 0.15) is 26.7 Å². The molecule has 0 saturated carbocycles. The number of hydrogen-bond donors (Lipinski definition) is 0. The van der Waals surface area contributed by atoms with Crippen LogP contribution < -0.4 is 0 Å². The summed E-state index contributed by atoms with van der Waals surface area (Å²) in [4.78, 5) is 5.14. The van der Waals surface area contributed by atoms with Crippen molar-refractivity contribution in [1.29, 1.82) is 0 Å². The zero-order valence-electron chi connectivity index (χ0n) is 10.5. The van der Waals surface area contributed by atoms with Gasteiger partial charge in [0.05, 0.1) is 6.61 Å². The number of hydrogen-bond acceptors (Lipinski definition) is 3. The molecule has 0 aromatic rings. The Morgan fingerprint density at radius 3 is 2.13 bits per heavy atom. The first-order valence-electron chi connectivity index (χ1n) is 6.27. The van der Waals surface area contributed by atoms with Crippen LogP contribution in [-0.2, 0) is 4.74 Å². The van der Waals surface area contributed by atoms with Crippen molar-refractivity contribution in [2.24, 2.45) is 0 Å². The molecule has 3 heteroatoms. The third-order valence-corrected chi connectivity index (χ3v) is 3.48. The topological polar surface area (TPSA) is 15.7 Å². The minimum absolute atomic E-state index is 0.801. The number of methoxy groups -OCH3 is 1. The molecule has 0 spiro atoms. The lowest BCUT2D eigenvalue weighted by Gasteiger charge is -2.38. The Bertz CT molecular complexity index is 152. The van der Waals surface area contributed by atoms with E-state index >= 15 is 0 Å². The molecule has 0 aromatic heterocycles. The van der Waals surface area contributed by atoms with E-state index in [1.807, 2.05) is 0 Å². The van der Waals surface area contributed by atoms with Crippen molar-refractivity contribution in [2.45, 2.75) is 32.7 Å². The van der Waals surface area contributed by atoms with Gasteiger partial charge in [-0.05, 0) is 12.8 Å². The van der Waals surface area contributed by atoms with Gasteiger partial charge in [0.15, 0.2) is 0 Å². The summed E-state index contributed by atoms with van der Waals surface area (Å²) in [6.45, 7) is 11.4. The van der Waals surface area contributed by atoms with Crippen LogP contribution in [0.15, 0.2) is 0 Å². The van der Waals surface area contributed by atoms with E-state index < -0.39 is 0 Å². The fourth-order valence-electron chi connectivity index (χ4n) is 2.38. The second kappa shape index (κ2) is 7.20. The van der Waals surface area contributed by atoms with Crippen molar-refractivity contribution in [3.63, 3.8) is 0 Å². The van der Waals surface area contributed by atoms with Crippen molar-refractivity contribution in [3.05, 3.63) is 0 Å². The van der Waals surface area contributed by atoms with Crippen LogP contribution in [0.2, 0.25) is 0 Å². The van der Waals surface area contributed by atoms with E-state index in [9.17, 15) is 0 Å². The Hall–Kier alpha value is -0.120. The molecule has 1 heterocycles. The van der Waals surface area contributed by atoms with Gasteiger partial charge in [-0.25, -0.2) is 0 Å². The maximum absolute atomic E-state index is 5.11. The Morgan fingerprint density at radius 2 is 1.67 bits per heavy atom. The summed E-state index contributed by atoms with van der Waals surface area (Å²) in [6.07, 6.45) is 2.57. The molecule has 0 radical (unpaired) electrons. The normalized spacial score (nSPS) is 20.0. The molecule has 3 nitrogen and oxygen atoms in total. The first-order chi connectivity index (χ1) is 7.31. The van der Waals surface area contributed by atoms with Crippen LogP contribution >= 0.6 is 0 Å². The standard InChI is InChI=1S/C12H26N2O/c1-4-12(5-2)14-8-6-13(7-9-14)10-11-15-3/h12H,4-11H2,1-3H3. The molecule has 15 heavy (non-hydrogen) atoms. The Balaban J connectivity index is 2.22. The molecule has 1 rings (SSSR count). The van der Waals surface area contributed by atoms with Crippen molar-refractivity contribution < 1.29 is 4.74 Å². The Labute approximate surface area is 94.4 Å². The van der Waals surface area contributed by atoms with Crippen LogP contribution in [-0.4, -0.2) is 62.3 Å². The quantitative estimate of drug-likeness (QED) is 0.665. The summed E-state index contributed by atoms with van der Waals surface area (Å²) in [5, 5.41) is 0. The van der Waals surface area contributed by atoms with Gasteiger partial charge in [0.2, 0.25) is 0 Å². The van der Waals surface area contributed by atoms with Gasteiger partial charge in [-0.2, -0.15) is 0 Å². The number of ether oxygens (including phenoxy) is 1. The smallest absolute Gasteiger partial charge is 0.0589 e. The van der Waals surface area contributed by atoms with Crippen molar-refractivity contribution in [1.82, 2.24) is 9.80 Å². The molecule has 1 aliphatic rings. The van der Waals surface area contributed by atoms with Crippen molar-refractivity contribution in [3.8, 4) is 0 Å². The van der Waals surface area contributed by atoms with Gasteiger partial charge in [-0.1, -0.05) is 13.8 Å². The summed E-state index contributed by atoms with van der Waals surface area (Å²) in [7, 11) is 1.78. The largest absolute Gasteiger partial charge is 0.383 e. The molecule has 0 aliphatic carbocycles. The SMILES string of the molecule is CCC(CC)N1CCN(CCOC)CC1. The van der Waals surface area contributed by atoms with Crippen LogP contribution in [0.5, 0.6) is 0 Å². The highest BCUT2D eigenvalue weighted by Crippen LogP contribution is 2.11. The lowest BCUT2D eigenvalue weighted by Crippen LogP contribution is -2.50. The second-order valence-corrected chi connectivity index (χ2v) is 4.34. The van der Waals surface area contributed by atoms with Gasteiger partial charge in [-0.3, -0.25) is 9.80 Å².